The molecule has 9 aromatic carbocycles. The first-order valence-electron chi connectivity index (χ1n) is 49.7. The number of aryl methyl sites for hydroxylation is 2. The van der Waals surface area contributed by atoms with Crippen molar-refractivity contribution in [2.24, 2.45) is 47.3 Å². The van der Waals surface area contributed by atoms with E-state index in [-0.39, 0.29) is 51.9 Å². The molecule has 6 aliphatic rings. The smallest absolute Gasteiger partial charge is 0.507 e. The third kappa shape index (κ3) is 31.5. The molecule has 1 heterocycles. The number of aromatic hydroxyl groups is 1. The van der Waals surface area contributed by atoms with Crippen molar-refractivity contribution in [1.82, 2.24) is 0 Å². The molecule has 0 radical (unpaired) electrons. The van der Waals surface area contributed by atoms with Crippen molar-refractivity contribution in [3.63, 3.8) is 0 Å². The molecule has 5 aliphatic carbocycles. The summed E-state index contributed by atoms with van der Waals surface area (Å²) in [6.45, 7) is 28.7. The van der Waals surface area contributed by atoms with Crippen LogP contribution in [0.3, 0.4) is 0 Å². The van der Waals surface area contributed by atoms with Crippen LogP contribution in [0.1, 0.15) is 336 Å². The molecule has 1 N–H and O–H groups in total. The zero-order valence-electron chi connectivity index (χ0n) is 81.0. The third-order valence-electron chi connectivity index (χ3n) is 29.3. The average Bonchev–Trinajstić information content (AvgIpc) is 0.774. The predicted molar refractivity (Wildman–Crippen MR) is 516 cm³/mol. The minimum Gasteiger partial charge on any atom is -0.507 e. The lowest BCUT2D eigenvalue weighted by Gasteiger charge is -2.38. The molecule has 5 saturated carbocycles. The first kappa shape index (κ1) is 106. The lowest BCUT2D eigenvalue weighted by Crippen LogP contribution is -2.25. The second kappa shape index (κ2) is 49.0. The number of unbranched alkanes of at least 4 members (excludes halogenated alkanes) is 2. The van der Waals surface area contributed by atoms with Gasteiger partial charge in [-0.25, -0.2) is 26.3 Å². The molecule has 0 bridgehead atoms. The van der Waals surface area contributed by atoms with Crippen molar-refractivity contribution >= 4 is 0 Å². The Labute approximate surface area is 793 Å². The lowest BCUT2D eigenvalue weighted by atomic mass is 9.68. The van der Waals surface area contributed by atoms with Gasteiger partial charge in [-0.1, -0.05) is 286 Å². The molecule has 0 spiro atoms. The lowest BCUT2D eigenvalue weighted by molar-refractivity contribution is -0.275. The molecule has 5 nitrogen and oxygen atoms in total. The summed E-state index contributed by atoms with van der Waals surface area (Å²) in [7, 11) is 0. The number of phenols is 1. The van der Waals surface area contributed by atoms with Crippen LogP contribution in [0.5, 0.6) is 23.0 Å². The summed E-state index contributed by atoms with van der Waals surface area (Å²) in [5, 5.41) is 10.8. The molecule has 15 rings (SSSR count). The summed E-state index contributed by atoms with van der Waals surface area (Å²) in [6.07, 6.45) is 27.4. The van der Waals surface area contributed by atoms with Crippen molar-refractivity contribution in [2.45, 2.75) is 329 Å². The van der Waals surface area contributed by atoms with E-state index in [0.717, 1.165) is 118 Å². The zero-order chi connectivity index (χ0) is 97.5. The van der Waals surface area contributed by atoms with E-state index in [0.29, 0.717) is 59.3 Å². The van der Waals surface area contributed by atoms with Gasteiger partial charge in [-0.05, 0) is 308 Å². The molecule has 2 atom stereocenters. The highest BCUT2D eigenvalue weighted by atomic mass is 19.4. The minimum atomic E-state index is -4.64. The standard InChI is InChI=1S/C26H21F7O2.C24H35F3O.C23H21F.C22H31F3O.C21H34O/c1-2-14-3-8-23(34-13-14)16-6-4-15(5-7-16)17-9-19(27)24(20(28)10-17)26(32,33)35-18-11-21(29)25(31)22(30)12-18;1-2-3-4-5-18-6-8-19(9-7-18)20-10-12-21(13-11-20)22-14-16-23(17-15-22)28-24(25,26)27;1-3-4-5-18-8-12-19(13-9-18)21-14-15-22(23(24)16-21)20-10-6-17(2)7-11-20;1-2-3-16-4-6-17(7-5-16)18-8-10-19(11-9-18)20-12-14-21(15-13-20)26-22(23,24)25;1-14-8-10-15(11-9-14)16-12-17(20(2,3)4)19(22)18(13-16)21(5,6)7/h4-7,9-12,14,23H,2-3,8,13H2,1H3;14-21H,2-13H2,1H3;3,6-16H,1,4-5H2,2H3;12-19H,2-11H2,1H3;12-15,22H,8-11H2,1-7H3. The highest BCUT2D eigenvalue weighted by Crippen LogP contribution is 2.50. The van der Waals surface area contributed by atoms with Crippen LogP contribution in [0.15, 0.2) is 189 Å². The van der Waals surface area contributed by atoms with Crippen LogP contribution in [0, 0.1) is 89.2 Å². The molecule has 734 valence electrons. The Morgan fingerprint density at radius 3 is 1.24 bits per heavy atom. The Morgan fingerprint density at radius 2 is 0.807 bits per heavy atom. The summed E-state index contributed by atoms with van der Waals surface area (Å²) in [4.78, 5) is 0. The largest absolute Gasteiger partial charge is 0.573 e. The van der Waals surface area contributed by atoms with Crippen LogP contribution in [0.2, 0.25) is 0 Å². The van der Waals surface area contributed by atoms with Gasteiger partial charge in [-0.15, -0.1) is 32.9 Å². The molecule has 0 amide bonds. The van der Waals surface area contributed by atoms with E-state index in [2.05, 4.69) is 126 Å². The van der Waals surface area contributed by atoms with Crippen molar-refractivity contribution in [1.29, 1.82) is 0 Å². The summed E-state index contributed by atoms with van der Waals surface area (Å²) < 4.78 is 204. The summed E-state index contributed by atoms with van der Waals surface area (Å²) in [5.74, 6) is -1.29. The number of hydrogen-bond acceptors (Lipinski definition) is 5. The van der Waals surface area contributed by atoms with Crippen LogP contribution >= 0.6 is 0 Å². The maximum Gasteiger partial charge on any atom is 0.573 e. The van der Waals surface area contributed by atoms with E-state index in [1.165, 1.54) is 208 Å². The highest BCUT2D eigenvalue weighted by Gasteiger charge is 2.43. The normalized spacial score (nSPS) is 22.3. The molecule has 6 fully saturated rings. The fourth-order valence-corrected chi connectivity index (χ4v) is 21.2. The maximum absolute atomic E-state index is 14.6. The Bertz CT molecular complexity index is 5040. The summed E-state index contributed by atoms with van der Waals surface area (Å²) >= 11 is 0. The molecule has 1 aliphatic heterocycles. The van der Waals surface area contributed by atoms with Gasteiger partial charge in [0.25, 0.3) is 0 Å². The van der Waals surface area contributed by atoms with Crippen LogP contribution in [-0.2, 0) is 28.1 Å². The van der Waals surface area contributed by atoms with E-state index in [1.54, 1.807) is 30.3 Å². The predicted octanol–water partition coefficient (Wildman–Crippen LogP) is 36.6. The van der Waals surface area contributed by atoms with Crippen molar-refractivity contribution in [2.75, 3.05) is 6.61 Å². The Hall–Kier alpha value is -9.10. The van der Waals surface area contributed by atoms with Gasteiger partial charge in [0, 0.05) is 17.7 Å². The number of hydrogen-bond donors (Lipinski definition) is 1. The van der Waals surface area contributed by atoms with Crippen molar-refractivity contribution < 1.29 is 85.5 Å². The fourth-order valence-electron chi connectivity index (χ4n) is 21.2. The van der Waals surface area contributed by atoms with Gasteiger partial charge in [0.15, 0.2) is 17.5 Å². The fraction of sp³-hybridized carbons (Fsp3) is 0.517. The number of rotatable bonds is 24. The molecule has 2 unspecified atom stereocenters. The van der Waals surface area contributed by atoms with E-state index in [1.807, 2.05) is 73.7 Å². The number of allylic oxidation sites excluding steroid dienone is 1. The van der Waals surface area contributed by atoms with Gasteiger partial charge in [0.05, 0.1) is 12.7 Å². The van der Waals surface area contributed by atoms with E-state index in [9.17, 15) is 66.6 Å². The molecule has 135 heavy (non-hydrogen) atoms. The minimum absolute atomic E-state index is 0.000538. The van der Waals surface area contributed by atoms with Gasteiger partial charge < -0.3 is 24.1 Å². The Balaban J connectivity index is 0.000000164. The van der Waals surface area contributed by atoms with Gasteiger partial charge in [-0.3, -0.25) is 0 Å². The van der Waals surface area contributed by atoms with Crippen molar-refractivity contribution in [3.8, 4) is 56.4 Å². The third-order valence-corrected chi connectivity index (χ3v) is 29.3. The van der Waals surface area contributed by atoms with Crippen molar-refractivity contribution in [3.05, 3.63) is 274 Å². The van der Waals surface area contributed by atoms with Gasteiger partial charge in [0.2, 0.25) is 0 Å². The van der Waals surface area contributed by atoms with Crippen LogP contribution in [0.25, 0.3) is 33.4 Å². The van der Waals surface area contributed by atoms with Crippen LogP contribution in [0.4, 0.5) is 61.5 Å². The molecular weight excluding hydrogens is 1740 g/mol. The second-order valence-electron chi connectivity index (χ2n) is 41.2. The molecule has 1 saturated heterocycles. The Kier molecular flexibility index (Phi) is 38.6. The number of alkyl halides is 8. The molecule has 9 aromatic rings. The highest BCUT2D eigenvalue weighted by molar-refractivity contribution is 5.71. The van der Waals surface area contributed by atoms with Crippen LogP contribution < -0.4 is 14.2 Å². The number of ether oxygens (including phenoxy) is 4. The van der Waals surface area contributed by atoms with Gasteiger partial charge in [0.1, 0.15) is 46.0 Å². The maximum atomic E-state index is 14.6. The first-order chi connectivity index (χ1) is 64.1. The zero-order valence-corrected chi connectivity index (χ0v) is 81.0. The number of halogens is 14. The average molecular weight is 1880 g/mol. The molecular formula is C116H142F14O5. The second-order valence-corrected chi connectivity index (χ2v) is 41.2. The van der Waals surface area contributed by atoms with Gasteiger partial charge in [-0.2, -0.15) is 8.78 Å². The summed E-state index contributed by atoms with van der Waals surface area (Å²) in [6, 6.07) is 47.8. The molecule has 19 heteroatoms. The first-order valence-corrected chi connectivity index (χ1v) is 49.7. The number of benzene rings is 9. The number of phenolic OH excluding ortho intramolecular Hbond substituents is 1. The van der Waals surface area contributed by atoms with Crippen LogP contribution in [-0.4, -0.2) is 24.4 Å². The van der Waals surface area contributed by atoms with Gasteiger partial charge >= 0.3 is 18.8 Å². The van der Waals surface area contributed by atoms with E-state index >= 15 is 0 Å². The quantitative estimate of drug-likeness (QED) is 0.0283. The Morgan fingerprint density at radius 1 is 0.393 bits per heavy atom. The van der Waals surface area contributed by atoms with E-state index in [4.69, 9.17) is 4.74 Å². The van der Waals surface area contributed by atoms with E-state index < -0.39 is 59.2 Å². The SMILES string of the molecule is C=CCCc1ccc(-c2ccc(-c3ccc(C)cc3)c(F)c2)cc1.CC1CCC(c2cc(C(C)(C)C)c(O)c(C(C)(C)C)c2)CC1.CCC1CCC(c2ccc(-c3cc(F)c(C(F)(F)Oc4cc(F)c(F)c(F)c4)c(F)c3)cc2)OC1.CCCC1CCC(C2CCC(c3ccc(OC(F)(F)F)cc3)CC2)CC1.CCCCCC1CCC(C2CCC(c3ccc(OC(F)(F)F)cc3)CC2)CC1. The monoisotopic (exact) mass is 1880 g/mol. The summed E-state index contributed by atoms with van der Waals surface area (Å²) in [5.41, 5.74) is 11.4. The molecule has 0 aromatic heterocycles. The topological polar surface area (TPSA) is 57.2 Å².